The fourth-order valence-corrected chi connectivity index (χ4v) is 3.38. The van der Waals surface area contributed by atoms with Gasteiger partial charge in [-0.1, -0.05) is 45.4 Å². The standard InChI is InChI=1S/C15H28O/c1-15(10-6-3-7-11-15)13-16-12-14-8-4-2-5-9-14/h14H,2-13H2,1H3. The maximum absolute atomic E-state index is 6.02. The van der Waals surface area contributed by atoms with Gasteiger partial charge in [0.25, 0.3) is 0 Å². The van der Waals surface area contributed by atoms with Gasteiger partial charge in [0.05, 0.1) is 6.61 Å². The first kappa shape index (κ1) is 12.4. The minimum Gasteiger partial charge on any atom is -0.381 e. The van der Waals surface area contributed by atoms with Crippen molar-refractivity contribution in [1.82, 2.24) is 0 Å². The average molecular weight is 224 g/mol. The highest BCUT2D eigenvalue weighted by molar-refractivity contribution is 4.78. The van der Waals surface area contributed by atoms with Crippen molar-refractivity contribution in [3.63, 3.8) is 0 Å². The van der Waals surface area contributed by atoms with Crippen molar-refractivity contribution >= 4 is 0 Å². The third-order valence-corrected chi connectivity index (χ3v) is 4.59. The Morgan fingerprint density at radius 2 is 1.56 bits per heavy atom. The molecule has 0 N–H and O–H groups in total. The summed E-state index contributed by atoms with van der Waals surface area (Å²) in [5, 5.41) is 0. The van der Waals surface area contributed by atoms with E-state index in [1.54, 1.807) is 0 Å². The number of rotatable bonds is 4. The molecule has 0 heterocycles. The van der Waals surface area contributed by atoms with Crippen LogP contribution in [-0.4, -0.2) is 13.2 Å². The molecule has 2 saturated carbocycles. The Bertz CT molecular complexity index is 188. The second-order valence-electron chi connectivity index (χ2n) is 6.39. The molecule has 94 valence electrons. The summed E-state index contributed by atoms with van der Waals surface area (Å²) < 4.78 is 6.02. The van der Waals surface area contributed by atoms with Crippen LogP contribution in [0, 0.1) is 11.3 Å². The van der Waals surface area contributed by atoms with Crippen molar-refractivity contribution in [2.75, 3.05) is 13.2 Å². The SMILES string of the molecule is CC1(COCC2CCCCC2)CCCCC1. The van der Waals surface area contributed by atoms with E-state index < -0.39 is 0 Å². The summed E-state index contributed by atoms with van der Waals surface area (Å²) in [6, 6.07) is 0. The van der Waals surface area contributed by atoms with E-state index in [0.29, 0.717) is 5.41 Å². The monoisotopic (exact) mass is 224 g/mol. The first-order valence-electron chi connectivity index (χ1n) is 7.36. The normalized spacial score (nSPS) is 26.8. The van der Waals surface area contributed by atoms with Gasteiger partial charge in [-0.3, -0.25) is 0 Å². The molecule has 2 aliphatic carbocycles. The first-order chi connectivity index (χ1) is 7.79. The molecule has 2 fully saturated rings. The number of ether oxygens (including phenoxy) is 1. The van der Waals surface area contributed by atoms with Gasteiger partial charge in [-0.25, -0.2) is 0 Å². The summed E-state index contributed by atoms with van der Waals surface area (Å²) in [5.74, 6) is 0.876. The zero-order chi connectivity index (χ0) is 11.3. The number of hydrogen-bond acceptors (Lipinski definition) is 1. The van der Waals surface area contributed by atoms with Crippen molar-refractivity contribution in [2.45, 2.75) is 71.1 Å². The molecule has 2 rings (SSSR count). The Kier molecular flexibility index (Phi) is 4.69. The molecule has 0 aromatic carbocycles. The van der Waals surface area contributed by atoms with Crippen molar-refractivity contribution in [2.24, 2.45) is 11.3 Å². The maximum atomic E-state index is 6.02. The van der Waals surface area contributed by atoms with E-state index in [-0.39, 0.29) is 0 Å². The van der Waals surface area contributed by atoms with Gasteiger partial charge in [-0.2, -0.15) is 0 Å². The topological polar surface area (TPSA) is 9.23 Å². The molecular formula is C15H28O. The van der Waals surface area contributed by atoms with Gasteiger partial charge in [0.2, 0.25) is 0 Å². The molecule has 0 aliphatic heterocycles. The number of hydrogen-bond donors (Lipinski definition) is 0. The van der Waals surface area contributed by atoms with Crippen LogP contribution in [0.25, 0.3) is 0 Å². The third-order valence-electron chi connectivity index (χ3n) is 4.59. The quantitative estimate of drug-likeness (QED) is 0.680. The van der Waals surface area contributed by atoms with Gasteiger partial charge in [-0.05, 0) is 37.0 Å². The van der Waals surface area contributed by atoms with Gasteiger partial charge in [0, 0.05) is 6.61 Å². The van der Waals surface area contributed by atoms with Gasteiger partial charge in [0.1, 0.15) is 0 Å². The molecule has 0 spiro atoms. The van der Waals surface area contributed by atoms with E-state index in [1.165, 1.54) is 64.2 Å². The second kappa shape index (κ2) is 6.05. The molecule has 0 aromatic heterocycles. The van der Waals surface area contributed by atoms with Crippen LogP contribution in [0.5, 0.6) is 0 Å². The average Bonchev–Trinajstić information content (AvgIpc) is 2.31. The predicted octanol–water partition coefficient (Wildman–Crippen LogP) is 4.55. The van der Waals surface area contributed by atoms with Crippen LogP contribution >= 0.6 is 0 Å². The smallest absolute Gasteiger partial charge is 0.0519 e. The van der Waals surface area contributed by atoms with Crippen molar-refractivity contribution in [3.05, 3.63) is 0 Å². The molecule has 0 bridgehead atoms. The Balaban J connectivity index is 1.62. The third kappa shape index (κ3) is 3.76. The summed E-state index contributed by atoms with van der Waals surface area (Å²) in [6.07, 6.45) is 14.2. The summed E-state index contributed by atoms with van der Waals surface area (Å²) in [4.78, 5) is 0. The van der Waals surface area contributed by atoms with Gasteiger partial charge < -0.3 is 4.74 Å². The highest BCUT2D eigenvalue weighted by Gasteiger charge is 2.27. The Labute approximate surface area is 101 Å². The maximum Gasteiger partial charge on any atom is 0.0519 e. The zero-order valence-corrected chi connectivity index (χ0v) is 11.0. The highest BCUT2D eigenvalue weighted by Crippen LogP contribution is 2.36. The van der Waals surface area contributed by atoms with Crippen molar-refractivity contribution in [3.8, 4) is 0 Å². The van der Waals surface area contributed by atoms with E-state index in [9.17, 15) is 0 Å². The Hall–Kier alpha value is -0.0400. The van der Waals surface area contributed by atoms with E-state index >= 15 is 0 Å². The molecule has 16 heavy (non-hydrogen) atoms. The minimum atomic E-state index is 0.507. The second-order valence-corrected chi connectivity index (χ2v) is 6.39. The molecule has 0 radical (unpaired) electrons. The van der Waals surface area contributed by atoms with Crippen LogP contribution in [-0.2, 0) is 4.74 Å². The molecule has 1 nitrogen and oxygen atoms in total. The Morgan fingerprint density at radius 3 is 2.25 bits per heavy atom. The molecular weight excluding hydrogens is 196 g/mol. The first-order valence-corrected chi connectivity index (χ1v) is 7.36. The predicted molar refractivity (Wildman–Crippen MR) is 68.6 cm³/mol. The zero-order valence-electron chi connectivity index (χ0n) is 11.0. The van der Waals surface area contributed by atoms with Crippen LogP contribution in [0.2, 0.25) is 0 Å². The van der Waals surface area contributed by atoms with Crippen LogP contribution < -0.4 is 0 Å². The fraction of sp³-hybridized carbons (Fsp3) is 1.00. The van der Waals surface area contributed by atoms with E-state index in [2.05, 4.69) is 6.92 Å². The molecule has 0 atom stereocenters. The lowest BCUT2D eigenvalue weighted by Crippen LogP contribution is -2.27. The highest BCUT2D eigenvalue weighted by atomic mass is 16.5. The van der Waals surface area contributed by atoms with Crippen molar-refractivity contribution < 1.29 is 4.74 Å². The van der Waals surface area contributed by atoms with Crippen LogP contribution in [0.3, 0.4) is 0 Å². The van der Waals surface area contributed by atoms with E-state index in [1.807, 2.05) is 0 Å². The van der Waals surface area contributed by atoms with E-state index in [4.69, 9.17) is 4.74 Å². The van der Waals surface area contributed by atoms with Crippen LogP contribution in [0.4, 0.5) is 0 Å². The lowest BCUT2D eigenvalue weighted by molar-refractivity contribution is 0.00874. The lowest BCUT2D eigenvalue weighted by atomic mass is 9.76. The van der Waals surface area contributed by atoms with Gasteiger partial charge >= 0.3 is 0 Å². The molecule has 0 saturated heterocycles. The minimum absolute atomic E-state index is 0.507. The molecule has 0 unspecified atom stereocenters. The Morgan fingerprint density at radius 1 is 0.938 bits per heavy atom. The van der Waals surface area contributed by atoms with E-state index in [0.717, 1.165) is 19.1 Å². The van der Waals surface area contributed by atoms with Gasteiger partial charge in [-0.15, -0.1) is 0 Å². The molecule has 0 aromatic rings. The van der Waals surface area contributed by atoms with Crippen LogP contribution in [0.15, 0.2) is 0 Å². The van der Waals surface area contributed by atoms with Crippen molar-refractivity contribution in [1.29, 1.82) is 0 Å². The summed E-state index contributed by atoms with van der Waals surface area (Å²) in [6.45, 7) is 4.48. The molecule has 2 aliphatic rings. The summed E-state index contributed by atoms with van der Waals surface area (Å²) >= 11 is 0. The lowest BCUT2D eigenvalue weighted by Gasteiger charge is -2.34. The van der Waals surface area contributed by atoms with Gasteiger partial charge in [0.15, 0.2) is 0 Å². The summed E-state index contributed by atoms with van der Waals surface area (Å²) in [5.41, 5.74) is 0.507. The molecule has 0 amide bonds. The summed E-state index contributed by atoms with van der Waals surface area (Å²) in [7, 11) is 0. The largest absolute Gasteiger partial charge is 0.381 e. The van der Waals surface area contributed by atoms with Crippen LogP contribution in [0.1, 0.15) is 71.1 Å². The fourth-order valence-electron chi connectivity index (χ4n) is 3.38. The molecule has 1 heteroatoms.